The van der Waals surface area contributed by atoms with E-state index in [2.05, 4.69) is 52.0 Å². The molecular formula is C20H26NaO2PS2. The first-order valence-electron chi connectivity index (χ1n) is 8.74. The van der Waals surface area contributed by atoms with Gasteiger partial charge in [-0.3, -0.25) is 0 Å². The number of hydrogen-bond acceptors (Lipinski definition) is 4. The molecule has 0 radical (unpaired) electrons. The molecular weight excluding hydrogens is 390 g/mol. The van der Waals surface area contributed by atoms with Crippen LogP contribution in [0.1, 0.15) is 63.5 Å². The van der Waals surface area contributed by atoms with Crippen LogP contribution in [0.4, 0.5) is 0 Å². The summed E-state index contributed by atoms with van der Waals surface area (Å²) < 4.78 is 11.6. The zero-order valence-corrected chi connectivity index (χ0v) is 20.8. The van der Waals surface area contributed by atoms with Gasteiger partial charge in [-0.25, -0.2) is 0 Å². The zero-order valence-electron chi connectivity index (χ0n) is 16.3. The topological polar surface area (TPSA) is 18.5 Å². The Morgan fingerprint density at radius 2 is 1.12 bits per heavy atom. The Morgan fingerprint density at radius 3 is 1.38 bits per heavy atom. The van der Waals surface area contributed by atoms with Crippen LogP contribution in [0.3, 0.4) is 0 Å². The molecule has 2 nitrogen and oxygen atoms in total. The third-order valence-corrected chi connectivity index (χ3v) is 6.32. The van der Waals surface area contributed by atoms with Gasteiger partial charge in [0.1, 0.15) is 11.5 Å². The first kappa shape index (κ1) is 24.1. The molecule has 0 saturated carbocycles. The largest absolute Gasteiger partial charge is 1.00 e. The van der Waals surface area contributed by atoms with E-state index in [1.165, 1.54) is 11.1 Å². The van der Waals surface area contributed by atoms with E-state index in [-0.39, 0.29) is 29.6 Å². The van der Waals surface area contributed by atoms with Gasteiger partial charge in [0.15, 0.2) is 5.69 Å². The summed E-state index contributed by atoms with van der Waals surface area (Å²) >= 11 is 10.8. The maximum atomic E-state index is 5.79. The van der Waals surface area contributed by atoms with Crippen LogP contribution in [0.5, 0.6) is 11.5 Å². The summed E-state index contributed by atoms with van der Waals surface area (Å²) in [5.41, 5.74) is -0.239. The summed E-state index contributed by atoms with van der Waals surface area (Å²) in [7, 11) is 0. The predicted molar refractivity (Wildman–Crippen MR) is 113 cm³/mol. The summed E-state index contributed by atoms with van der Waals surface area (Å²) in [6, 6.07) is 15.9. The molecule has 0 saturated heterocycles. The van der Waals surface area contributed by atoms with E-state index in [0.29, 0.717) is 23.3 Å². The molecule has 0 aromatic heterocycles. The molecule has 0 N–H and O–H groups in total. The van der Waals surface area contributed by atoms with E-state index >= 15 is 0 Å². The van der Waals surface area contributed by atoms with Gasteiger partial charge in [0.25, 0.3) is 0 Å². The van der Waals surface area contributed by atoms with Crippen molar-refractivity contribution >= 4 is 29.7 Å². The van der Waals surface area contributed by atoms with Gasteiger partial charge in [-0.05, 0) is 71.9 Å². The molecule has 6 heteroatoms. The molecule has 0 fully saturated rings. The number of benzene rings is 2. The molecule has 0 bridgehead atoms. The third-order valence-electron chi connectivity index (χ3n) is 4.56. The van der Waals surface area contributed by atoms with E-state index in [0.717, 1.165) is 12.8 Å². The van der Waals surface area contributed by atoms with Crippen molar-refractivity contribution in [3.05, 3.63) is 59.7 Å². The Morgan fingerprint density at radius 1 is 0.808 bits per heavy atom. The maximum absolute atomic E-state index is 5.79. The summed E-state index contributed by atoms with van der Waals surface area (Å²) in [5, 5.41) is 0. The Kier molecular flexibility index (Phi) is 10.3. The fourth-order valence-corrected chi connectivity index (χ4v) is 4.29. The van der Waals surface area contributed by atoms with Gasteiger partial charge in [-0.2, -0.15) is 0 Å². The van der Waals surface area contributed by atoms with Gasteiger partial charge in [0, 0.05) is 0 Å². The van der Waals surface area contributed by atoms with Crippen molar-refractivity contribution in [2.24, 2.45) is 0 Å². The van der Waals surface area contributed by atoms with Crippen LogP contribution in [-0.2, 0) is 24.1 Å². The van der Waals surface area contributed by atoms with Gasteiger partial charge in [-0.1, -0.05) is 52.0 Å². The van der Waals surface area contributed by atoms with Crippen LogP contribution < -0.4 is 38.6 Å². The van der Waals surface area contributed by atoms with E-state index in [1.54, 1.807) is 0 Å². The number of rotatable bonds is 8. The first-order chi connectivity index (χ1) is 11.8. The monoisotopic (exact) mass is 416 g/mol. The van der Waals surface area contributed by atoms with Crippen molar-refractivity contribution in [3.63, 3.8) is 0 Å². The molecule has 2 aromatic rings. The second-order valence-corrected chi connectivity index (χ2v) is 11.2. The molecule has 2 aromatic carbocycles. The molecule has 0 heterocycles. The van der Waals surface area contributed by atoms with Crippen molar-refractivity contribution in [2.45, 2.75) is 52.4 Å². The fraction of sp³-hybridized carbons (Fsp3) is 0.400. The molecule has 0 aliphatic heterocycles. The van der Waals surface area contributed by atoms with Crippen LogP contribution in [0.15, 0.2) is 48.5 Å². The van der Waals surface area contributed by atoms with E-state index < -0.39 is 5.69 Å². The minimum Gasteiger partial charge on any atom is -0.665 e. The van der Waals surface area contributed by atoms with Gasteiger partial charge in [-0.15, -0.1) is 0 Å². The molecule has 0 aliphatic carbocycles. The third kappa shape index (κ3) is 7.22. The quantitative estimate of drug-likeness (QED) is 0.368. The average molecular weight is 417 g/mol. The van der Waals surface area contributed by atoms with Crippen molar-refractivity contribution < 1.29 is 38.6 Å². The van der Waals surface area contributed by atoms with Gasteiger partial charge in [0.05, 0.1) is 0 Å². The minimum absolute atomic E-state index is 0. The predicted octanol–water partition coefficient (Wildman–Crippen LogP) is 3.95. The SMILES string of the molecule is CCC(C)c1ccc(OP(=S)([S-])Oc2ccc(C(C)CC)cc2)cc1.[Na+]. The van der Waals surface area contributed by atoms with Gasteiger partial charge >= 0.3 is 29.6 Å². The second kappa shape index (κ2) is 11.1. The molecule has 0 aliphatic rings. The van der Waals surface area contributed by atoms with Gasteiger partial charge in [0.2, 0.25) is 0 Å². The fourth-order valence-electron chi connectivity index (χ4n) is 2.46. The molecule has 0 spiro atoms. The summed E-state index contributed by atoms with van der Waals surface area (Å²) in [6.45, 7) is 8.77. The van der Waals surface area contributed by atoms with Crippen molar-refractivity contribution in [3.8, 4) is 11.5 Å². The van der Waals surface area contributed by atoms with Crippen molar-refractivity contribution in [2.75, 3.05) is 0 Å². The smallest absolute Gasteiger partial charge is 0.665 e. The Balaban J connectivity index is 0.00000338. The van der Waals surface area contributed by atoms with Crippen molar-refractivity contribution in [1.29, 1.82) is 0 Å². The Bertz CT molecular complexity index is 660. The normalized spacial score (nSPS) is 15.3. The number of hydrogen-bond donors (Lipinski definition) is 0. The summed E-state index contributed by atoms with van der Waals surface area (Å²) in [5.74, 6) is 2.39. The average Bonchev–Trinajstić information content (AvgIpc) is 2.61. The minimum atomic E-state index is -2.81. The van der Waals surface area contributed by atoms with Crippen LogP contribution in [0.2, 0.25) is 0 Å². The molecule has 2 atom stereocenters. The van der Waals surface area contributed by atoms with Crippen LogP contribution in [0.25, 0.3) is 0 Å². The van der Waals surface area contributed by atoms with E-state index in [1.807, 2.05) is 24.3 Å². The summed E-state index contributed by atoms with van der Waals surface area (Å²) in [4.78, 5) is 0. The molecule has 0 amide bonds. The second-order valence-electron chi connectivity index (χ2n) is 6.39. The molecule has 2 unspecified atom stereocenters. The summed E-state index contributed by atoms with van der Waals surface area (Å²) in [6.07, 6.45) is 2.21. The Hall–Kier alpha value is 0.0400. The standard InChI is InChI=1S/C20H27O2PS2.Na/c1-5-15(3)17-7-11-19(12-8-17)21-23(24,25)22-20-13-9-18(10-14-20)16(4)6-2;/h7-16H,5-6H2,1-4H3,(H,24,25);/q;+1/p-1. The molecule has 2 rings (SSSR count). The van der Waals surface area contributed by atoms with Crippen LogP contribution in [0, 0.1) is 0 Å². The van der Waals surface area contributed by atoms with Crippen molar-refractivity contribution in [1.82, 2.24) is 0 Å². The van der Waals surface area contributed by atoms with Gasteiger partial charge < -0.3 is 21.3 Å². The van der Waals surface area contributed by atoms with Crippen LogP contribution >= 0.6 is 5.69 Å². The van der Waals surface area contributed by atoms with Crippen LogP contribution in [-0.4, -0.2) is 0 Å². The molecule has 26 heavy (non-hydrogen) atoms. The first-order valence-corrected chi connectivity index (χ1v) is 12.4. The van der Waals surface area contributed by atoms with E-state index in [4.69, 9.17) is 33.1 Å². The Labute approximate surface area is 190 Å². The zero-order chi connectivity index (χ0) is 18.4. The molecule has 136 valence electrons. The van der Waals surface area contributed by atoms with E-state index in [9.17, 15) is 0 Å². The maximum Gasteiger partial charge on any atom is 1.00 e.